The molecular formula is C28H31F2N5O2. The van der Waals surface area contributed by atoms with Crippen molar-refractivity contribution in [2.75, 3.05) is 20.1 Å². The zero-order valence-corrected chi connectivity index (χ0v) is 21.0. The number of nitrogens with one attached hydrogen (secondary N) is 3. The molecule has 1 aliphatic carbocycles. The topological polar surface area (TPSA) is 97.3 Å². The molecule has 1 saturated carbocycles. The van der Waals surface area contributed by atoms with E-state index in [2.05, 4.69) is 22.0 Å². The minimum absolute atomic E-state index is 0.0704. The molecule has 0 spiro atoms. The summed E-state index contributed by atoms with van der Waals surface area (Å²) in [5.74, 6) is -1.21. The molecule has 1 fully saturated rings. The van der Waals surface area contributed by atoms with Crippen molar-refractivity contribution in [3.05, 3.63) is 76.8 Å². The Labute approximate surface area is 215 Å². The van der Waals surface area contributed by atoms with Crippen molar-refractivity contribution >= 4 is 17.8 Å². The number of likely N-dealkylation sites (N-methyl/N-ethyl adjacent to an activating group) is 1. The first-order chi connectivity index (χ1) is 17.7. The quantitative estimate of drug-likeness (QED) is 0.332. The highest BCUT2D eigenvalue weighted by atomic mass is 19.1. The van der Waals surface area contributed by atoms with E-state index in [0.717, 1.165) is 30.5 Å². The predicted octanol–water partition coefficient (Wildman–Crippen LogP) is 3.44. The van der Waals surface area contributed by atoms with E-state index in [4.69, 9.17) is 0 Å². The molecule has 0 saturated heterocycles. The number of benzene rings is 1. The van der Waals surface area contributed by atoms with E-state index in [1.54, 1.807) is 24.3 Å². The highest BCUT2D eigenvalue weighted by Crippen LogP contribution is 2.46. The Kier molecular flexibility index (Phi) is 7.77. The van der Waals surface area contributed by atoms with Gasteiger partial charge in [-0.2, -0.15) is 9.65 Å². The smallest absolute Gasteiger partial charge is 0.246 e. The molecule has 0 bridgehead atoms. The number of dihydropyridines is 2. The summed E-state index contributed by atoms with van der Waals surface area (Å²) in [4.78, 5) is 26.6. The Bertz CT molecular complexity index is 1240. The highest BCUT2D eigenvalue weighted by molar-refractivity contribution is 5.84. The molecule has 2 heterocycles. The first-order valence-corrected chi connectivity index (χ1v) is 12.4. The molecule has 3 N–H and O–H groups in total. The monoisotopic (exact) mass is 507 g/mol. The average molecular weight is 508 g/mol. The van der Waals surface area contributed by atoms with Crippen LogP contribution in [-0.4, -0.2) is 43.3 Å². The Hall–Kier alpha value is -3.93. The summed E-state index contributed by atoms with van der Waals surface area (Å²) < 4.78 is 28.4. The summed E-state index contributed by atoms with van der Waals surface area (Å²) >= 11 is 0. The highest BCUT2D eigenvalue weighted by Gasteiger charge is 2.45. The first kappa shape index (κ1) is 26.1. The van der Waals surface area contributed by atoms with Crippen LogP contribution in [0.1, 0.15) is 37.3 Å². The zero-order chi connectivity index (χ0) is 26.6. The second-order valence-electron chi connectivity index (χ2n) is 9.83. The number of halogens is 2. The minimum Gasteiger partial charge on any atom is -0.375 e. The van der Waals surface area contributed by atoms with Gasteiger partial charge in [0, 0.05) is 43.6 Å². The van der Waals surface area contributed by atoms with Crippen LogP contribution in [0.15, 0.2) is 59.8 Å². The van der Waals surface area contributed by atoms with Gasteiger partial charge in [0.1, 0.15) is 23.6 Å². The summed E-state index contributed by atoms with van der Waals surface area (Å²) in [7, 11) is 1.87. The SMILES string of the molecule is CC1=CC(N(C)CCC(C#N)(C=O)C2CC2)=CC(C(=O)NCc2cc(F)cc(C3=C(F)NCC=C3)c2)N1. The van der Waals surface area contributed by atoms with E-state index in [0.29, 0.717) is 30.6 Å². The number of nitrogens with zero attached hydrogens (tertiary/aromatic N) is 2. The van der Waals surface area contributed by atoms with Crippen molar-refractivity contribution in [2.24, 2.45) is 11.3 Å². The van der Waals surface area contributed by atoms with Gasteiger partial charge < -0.3 is 25.6 Å². The lowest BCUT2D eigenvalue weighted by molar-refractivity contribution is -0.122. The maximum absolute atomic E-state index is 14.3. The van der Waals surface area contributed by atoms with Gasteiger partial charge in [0.2, 0.25) is 5.91 Å². The van der Waals surface area contributed by atoms with E-state index < -0.39 is 23.2 Å². The van der Waals surface area contributed by atoms with Crippen LogP contribution >= 0.6 is 0 Å². The number of allylic oxidation sites excluding steroid dienone is 4. The molecule has 4 rings (SSSR count). The van der Waals surface area contributed by atoms with Crippen molar-refractivity contribution < 1.29 is 18.4 Å². The molecule has 37 heavy (non-hydrogen) atoms. The molecule has 0 aromatic heterocycles. The van der Waals surface area contributed by atoms with Crippen molar-refractivity contribution in [3.63, 3.8) is 0 Å². The Morgan fingerprint density at radius 2 is 2.11 bits per heavy atom. The van der Waals surface area contributed by atoms with Crippen molar-refractivity contribution in [2.45, 2.75) is 38.8 Å². The van der Waals surface area contributed by atoms with E-state index in [-0.39, 0.29) is 23.9 Å². The van der Waals surface area contributed by atoms with Gasteiger partial charge >= 0.3 is 0 Å². The van der Waals surface area contributed by atoms with Gasteiger partial charge in [0.15, 0.2) is 5.95 Å². The van der Waals surface area contributed by atoms with Crippen LogP contribution in [0.4, 0.5) is 8.78 Å². The van der Waals surface area contributed by atoms with Gasteiger partial charge in [-0.3, -0.25) is 4.79 Å². The molecule has 9 heteroatoms. The fourth-order valence-corrected chi connectivity index (χ4v) is 4.68. The molecule has 0 radical (unpaired) electrons. The van der Waals surface area contributed by atoms with Crippen LogP contribution in [-0.2, 0) is 16.1 Å². The molecule has 1 aromatic rings. The standard InChI is InChI=1S/C28H31F2N5O2/c1-18-10-23(35(2)9-7-28(16-31,17-36)21-5-6-21)14-25(34-18)27(37)33-15-19-11-20(13-22(29)12-19)24-4-3-8-32-26(24)30/h3-4,10-14,17,21,25,32,34H,5-9,15H2,1-2H3,(H,33,37). The fraction of sp³-hybridized carbons (Fsp3) is 0.393. The third kappa shape index (κ3) is 6.08. The van der Waals surface area contributed by atoms with Gasteiger partial charge in [-0.05, 0) is 73.6 Å². The van der Waals surface area contributed by atoms with Crippen molar-refractivity contribution in [3.8, 4) is 6.07 Å². The summed E-state index contributed by atoms with van der Waals surface area (Å²) in [6.07, 6.45) is 10.1. The molecule has 194 valence electrons. The third-order valence-electron chi connectivity index (χ3n) is 7.02. The first-order valence-electron chi connectivity index (χ1n) is 12.4. The van der Waals surface area contributed by atoms with Gasteiger partial charge in [-0.1, -0.05) is 12.2 Å². The van der Waals surface area contributed by atoms with Crippen LogP contribution in [0.25, 0.3) is 5.57 Å². The number of aldehydes is 1. The van der Waals surface area contributed by atoms with E-state index in [9.17, 15) is 23.6 Å². The van der Waals surface area contributed by atoms with E-state index in [1.807, 2.05) is 24.9 Å². The summed E-state index contributed by atoms with van der Waals surface area (Å²) in [6, 6.07) is 5.78. The number of carbonyl (C=O) groups is 2. The largest absolute Gasteiger partial charge is 0.375 e. The molecule has 2 aliphatic heterocycles. The molecule has 2 unspecified atom stereocenters. The van der Waals surface area contributed by atoms with Crippen LogP contribution in [0.2, 0.25) is 0 Å². The lowest BCUT2D eigenvalue weighted by Gasteiger charge is -2.30. The Balaban J connectivity index is 1.40. The van der Waals surface area contributed by atoms with Crippen molar-refractivity contribution in [1.29, 1.82) is 5.26 Å². The van der Waals surface area contributed by atoms with Crippen LogP contribution in [0.5, 0.6) is 0 Å². The molecule has 1 amide bonds. The summed E-state index contributed by atoms with van der Waals surface area (Å²) in [6.45, 7) is 2.79. The number of amides is 1. The van der Waals surface area contributed by atoms with Crippen LogP contribution in [0.3, 0.4) is 0 Å². The Morgan fingerprint density at radius 3 is 2.78 bits per heavy atom. The van der Waals surface area contributed by atoms with Gasteiger partial charge in [-0.15, -0.1) is 0 Å². The van der Waals surface area contributed by atoms with Gasteiger partial charge in [-0.25, -0.2) is 4.39 Å². The maximum atomic E-state index is 14.3. The fourth-order valence-electron chi connectivity index (χ4n) is 4.68. The van der Waals surface area contributed by atoms with Crippen LogP contribution < -0.4 is 16.0 Å². The zero-order valence-electron chi connectivity index (χ0n) is 21.0. The maximum Gasteiger partial charge on any atom is 0.246 e. The number of hydrogen-bond donors (Lipinski definition) is 3. The number of rotatable bonds is 10. The Morgan fingerprint density at radius 1 is 1.32 bits per heavy atom. The average Bonchev–Trinajstić information content (AvgIpc) is 3.74. The van der Waals surface area contributed by atoms with Crippen LogP contribution in [0, 0.1) is 28.5 Å². The normalized spacial score (nSPS) is 20.5. The molecular weight excluding hydrogens is 476 g/mol. The summed E-state index contributed by atoms with van der Waals surface area (Å²) in [5, 5.41) is 18.1. The third-order valence-corrected chi connectivity index (χ3v) is 7.02. The predicted molar refractivity (Wildman–Crippen MR) is 136 cm³/mol. The second kappa shape index (κ2) is 11.0. The van der Waals surface area contributed by atoms with E-state index in [1.165, 1.54) is 12.1 Å². The van der Waals surface area contributed by atoms with E-state index >= 15 is 0 Å². The number of hydrogen-bond acceptors (Lipinski definition) is 6. The molecule has 7 nitrogen and oxygen atoms in total. The number of nitriles is 1. The minimum atomic E-state index is -0.955. The van der Waals surface area contributed by atoms with Gasteiger partial charge in [0.05, 0.1) is 6.07 Å². The summed E-state index contributed by atoms with van der Waals surface area (Å²) in [5.41, 5.74) is 1.80. The van der Waals surface area contributed by atoms with Crippen molar-refractivity contribution in [1.82, 2.24) is 20.9 Å². The second-order valence-corrected chi connectivity index (χ2v) is 9.83. The van der Waals surface area contributed by atoms with Gasteiger partial charge in [0.25, 0.3) is 0 Å². The molecule has 3 aliphatic rings. The lowest BCUT2D eigenvalue weighted by atomic mass is 9.82. The molecule has 1 aromatic carbocycles. The molecule has 2 atom stereocenters. The number of carbonyl (C=O) groups excluding carboxylic acids is 2. The lowest BCUT2D eigenvalue weighted by Crippen LogP contribution is -2.44.